The van der Waals surface area contributed by atoms with E-state index < -0.39 is 0 Å². The first-order valence-electron chi connectivity index (χ1n) is 8.82. The maximum atomic E-state index is 12.1. The van der Waals surface area contributed by atoms with E-state index in [0.717, 1.165) is 23.0 Å². The Morgan fingerprint density at radius 3 is 2.67 bits per heavy atom. The zero-order valence-corrected chi connectivity index (χ0v) is 16.1. The molecule has 27 heavy (non-hydrogen) atoms. The average molecular weight is 382 g/mol. The number of rotatable bonds is 9. The molecule has 3 aromatic rings. The third-order valence-corrected chi connectivity index (χ3v) is 5.11. The van der Waals surface area contributed by atoms with Crippen molar-refractivity contribution in [2.24, 2.45) is 0 Å². The summed E-state index contributed by atoms with van der Waals surface area (Å²) in [6.45, 7) is 1.37. The summed E-state index contributed by atoms with van der Waals surface area (Å²) in [6, 6.07) is 18.0. The van der Waals surface area contributed by atoms with Crippen LogP contribution in [-0.4, -0.2) is 34.9 Å². The Kier molecular flexibility index (Phi) is 6.93. The van der Waals surface area contributed by atoms with E-state index in [2.05, 4.69) is 27.0 Å². The average Bonchev–Trinajstić information content (AvgIpc) is 3.14. The lowest BCUT2D eigenvalue weighted by Gasteiger charge is -2.09. The summed E-state index contributed by atoms with van der Waals surface area (Å²) in [5.41, 5.74) is 1.23. The molecule has 0 aliphatic carbocycles. The number of imidazole rings is 1. The summed E-state index contributed by atoms with van der Waals surface area (Å²) in [6.07, 6.45) is 4.49. The van der Waals surface area contributed by atoms with Crippen LogP contribution in [-0.2, 0) is 17.8 Å². The summed E-state index contributed by atoms with van der Waals surface area (Å²) in [5, 5.41) is 2.97. The Labute approximate surface area is 163 Å². The molecule has 0 saturated carbocycles. The van der Waals surface area contributed by atoms with Crippen molar-refractivity contribution in [3.05, 3.63) is 78.4 Å². The summed E-state index contributed by atoms with van der Waals surface area (Å²) in [4.78, 5) is 17.5. The van der Waals surface area contributed by atoms with Gasteiger partial charge in [0.2, 0.25) is 5.91 Å². The number of nitrogens with zero attached hydrogens (tertiary/aromatic N) is 2. The highest BCUT2D eigenvalue weighted by atomic mass is 32.2. The smallest absolute Gasteiger partial charge is 0.230 e. The SMILES string of the molecule is COc1ccc(SCC(=O)NCCc2nccn2Cc2ccccc2)cc1. The Hall–Kier alpha value is -2.73. The lowest BCUT2D eigenvalue weighted by Crippen LogP contribution is -2.28. The van der Waals surface area contributed by atoms with Gasteiger partial charge in [-0.1, -0.05) is 30.3 Å². The van der Waals surface area contributed by atoms with Crippen molar-refractivity contribution in [3.63, 3.8) is 0 Å². The molecule has 1 N–H and O–H groups in total. The van der Waals surface area contributed by atoms with Crippen LogP contribution in [0.15, 0.2) is 71.9 Å². The van der Waals surface area contributed by atoms with Gasteiger partial charge in [0.05, 0.1) is 12.9 Å². The van der Waals surface area contributed by atoms with Crippen LogP contribution in [0.1, 0.15) is 11.4 Å². The number of amides is 1. The van der Waals surface area contributed by atoms with Crippen LogP contribution in [0, 0.1) is 0 Å². The molecule has 140 valence electrons. The second-order valence-electron chi connectivity index (χ2n) is 6.02. The van der Waals surface area contributed by atoms with Gasteiger partial charge in [0.1, 0.15) is 11.6 Å². The van der Waals surface area contributed by atoms with Gasteiger partial charge in [-0.2, -0.15) is 0 Å². The van der Waals surface area contributed by atoms with Crippen molar-refractivity contribution in [2.75, 3.05) is 19.4 Å². The molecular formula is C21H23N3O2S. The van der Waals surface area contributed by atoms with Crippen molar-refractivity contribution in [3.8, 4) is 5.75 Å². The fourth-order valence-corrected chi connectivity index (χ4v) is 3.41. The Bertz CT molecular complexity index is 847. The normalized spacial score (nSPS) is 10.6. The Morgan fingerprint density at radius 2 is 1.93 bits per heavy atom. The molecule has 0 radical (unpaired) electrons. The van der Waals surface area contributed by atoms with E-state index in [0.29, 0.717) is 18.7 Å². The Morgan fingerprint density at radius 1 is 1.15 bits per heavy atom. The number of ether oxygens (including phenoxy) is 1. The second kappa shape index (κ2) is 9.83. The largest absolute Gasteiger partial charge is 0.497 e. The highest BCUT2D eigenvalue weighted by Gasteiger charge is 2.06. The summed E-state index contributed by atoms with van der Waals surface area (Å²) < 4.78 is 7.25. The van der Waals surface area contributed by atoms with Crippen molar-refractivity contribution in [1.82, 2.24) is 14.9 Å². The molecule has 2 aromatic carbocycles. The van der Waals surface area contributed by atoms with Gasteiger partial charge in [0.25, 0.3) is 0 Å². The van der Waals surface area contributed by atoms with Gasteiger partial charge in [-0.3, -0.25) is 4.79 Å². The molecule has 0 fully saturated rings. The fraction of sp³-hybridized carbons (Fsp3) is 0.238. The summed E-state index contributed by atoms with van der Waals surface area (Å²) in [5.74, 6) is 2.21. The second-order valence-corrected chi connectivity index (χ2v) is 7.07. The summed E-state index contributed by atoms with van der Waals surface area (Å²) >= 11 is 1.51. The molecule has 0 unspecified atom stereocenters. The van der Waals surface area contributed by atoms with Crippen LogP contribution in [0.5, 0.6) is 5.75 Å². The predicted octanol–water partition coefficient (Wildman–Crippen LogP) is 3.39. The first-order valence-corrected chi connectivity index (χ1v) is 9.80. The van der Waals surface area contributed by atoms with E-state index in [9.17, 15) is 4.79 Å². The minimum atomic E-state index is 0.0250. The molecule has 1 amide bonds. The molecule has 1 heterocycles. The number of carbonyl (C=O) groups excluding carboxylic acids is 1. The first-order chi connectivity index (χ1) is 13.2. The van der Waals surface area contributed by atoms with Crippen molar-refractivity contribution < 1.29 is 9.53 Å². The molecule has 5 nitrogen and oxygen atoms in total. The maximum Gasteiger partial charge on any atom is 0.230 e. The highest BCUT2D eigenvalue weighted by Crippen LogP contribution is 2.20. The predicted molar refractivity (Wildman–Crippen MR) is 108 cm³/mol. The summed E-state index contributed by atoms with van der Waals surface area (Å²) in [7, 11) is 1.64. The van der Waals surface area contributed by atoms with E-state index in [1.165, 1.54) is 17.3 Å². The molecule has 0 aliphatic heterocycles. The molecule has 1 aromatic heterocycles. The van der Waals surface area contributed by atoms with E-state index in [4.69, 9.17) is 4.74 Å². The Balaban J connectivity index is 1.41. The number of nitrogens with one attached hydrogen (secondary N) is 1. The van der Waals surface area contributed by atoms with E-state index in [1.807, 2.05) is 48.7 Å². The number of carbonyl (C=O) groups is 1. The standard InChI is InChI=1S/C21H23N3O2S/c1-26-18-7-9-19(10-8-18)27-16-21(25)23-12-11-20-22-13-14-24(20)15-17-5-3-2-4-6-17/h2-10,13-14H,11-12,15-16H2,1H3,(H,23,25). The van der Waals surface area contributed by atoms with Crippen LogP contribution in [0.3, 0.4) is 0 Å². The van der Waals surface area contributed by atoms with Gasteiger partial charge in [0.15, 0.2) is 0 Å². The topological polar surface area (TPSA) is 56.1 Å². The third-order valence-electron chi connectivity index (χ3n) is 4.10. The lowest BCUT2D eigenvalue weighted by atomic mass is 10.2. The quantitative estimate of drug-likeness (QED) is 0.577. The van der Waals surface area contributed by atoms with Crippen LogP contribution in [0.25, 0.3) is 0 Å². The molecule has 0 saturated heterocycles. The highest BCUT2D eigenvalue weighted by molar-refractivity contribution is 8.00. The molecule has 3 rings (SSSR count). The van der Waals surface area contributed by atoms with Gasteiger partial charge < -0.3 is 14.6 Å². The van der Waals surface area contributed by atoms with Gasteiger partial charge in [0, 0.05) is 36.8 Å². The van der Waals surface area contributed by atoms with Crippen LogP contribution >= 0.6 is 11.8 Å². The van der Waals surface area contributed by atoms with Gasteiger partial charge in [-0.25, -0.2) is 4.98 Å². The first kappa shape index (κ1) is 19.0. The van der Waals surface area contributed by atoms with Crippen molar-refractivity contribution in [1.29, 1.82) is 0 Å². The van der Waals surface area contributed by atoms with Crippen LogP contribution in [0.2, 0.25) is 0 Å². The van der Waals surface area contributed by atoms with Gasteiger partial charge in [-0.05, 0) is 29.8 Å². The molecular weight excluding hydrogens is 358 g/mol. The molecule has 0 bridgehead atoms. The van der Waals surface area contributed by atoms with Crippen LogP contribution in [0.4, 0.5) is 0 Å². The fourth-order valence-electron chi connectivity index (χ4n) is 2.68. The van der Waals surface area contributed by atoms with Crippen molar-refractivity contribution in [2.45, 2.75) is 17.9 Å². The minimum absolute atomic E-state index is 0.0250. The van der Waals surface area contributed by atoms with Gasteiger partial charge in [-0.15, -0.1) is 11.8 Å². The lowest BCUT2D eigenvalue weighted by molar-refractivity contribution is -0.118. The number of hydrogen-bond acceptors (Lipinski definition) is 4. The maximum absolute atomic E-state index is 12.1. The van der Waals surface area contributed by atoms with Crippen molar-refractivity contribution >= 4 is 17.7 Å². The zero-order valence-electron chi connectivity index (χ0n) is 15.3. The van der Waals surface area contributed by atoms with E-state index >= 15 is 0 Å². The third kappa shape index (κ3) is 5.89. The molecule has 0 aliphatic rings. The number of hydrogen-bond donors (Lipinski definition) is 1. The van der Waals surface area contributed by atoms with E-state index in [-0.39, 0.29) is 5.91 Å². The minimum Gasteiger partial charge on any atom is -0.497 e. The zero-order chi connectivity index (χ0) is 18.9. The van der Waals surface area contributed by atoms with Gasteiger partial charge >= 0.3 is 0 Å². The number of aromatic nitrogens is 2. The monoisotopic (exact) mass is 381 g/mol. The molecule has 0 atom stereocenters. The van der Waals surface area contributed by atoms with E-state index in [1.54, 1.807) is 13.3 Å². The number of thioether (sulfide) groups is 1. The molecule has 0 spiro atoms. The number of benzene rings is 2. The molecule has 6 heteroatoms. The van der Waals surface area contributed by atoms with Crippen LogP contribution < -0.4 is 10.1 Å². The number of methoxy groups -OCH3 is 1.